The van der Waals surface area contributed by atoms with Crippen molar-refractivity contribution < 1.29 is 14.4 Å². The van der Waals surface area contributed by atoms with E-state index in [4.69, 9.17) is 9.47 Å². The van der Waals surface area contributed by atoms with E-state index >= 15 is 0 Å². The Labute approximate surface area is 206 Å². The molecule has 0 radical (unpaired) electrons. The van der Waals surface area contributed by atoms with E-state index in [0.717, 1.165) is 10.1 Å². The van der Waals surface area contributed by atoms with Crippen LogP contribution < -0.4 is 16.0 Å². The van der Waals surface area contributed by atoms with Crippen molar-refractivity contribution in [3.8, 4) is 17.0 Å². The number of methoxy groups -OCH3 is 1. The zero-order valence-electron chi connectivity index (χ0n) is 20.6. The molecule has 0 aliphatic carbocycles. The van der Waals surface area contributed by atoms with Crippen molar-refractivity contribution in [2.75, 3.05) is 13.7 Å². The largest absolute Gasteiger partial charge is 0.497 e. The number of fused-ring (bicyclic) bond motifs is 3. The van der Waals surface area contributed by atoms with Crippen LogP contribution in [-0.4, -0.2) is 32.3 Å². The molecule has 0 spiro atoms. The van der Waals surface area contributed by atoms with Crippen LogP contribution in [0.4, 0.5) is 5.69 Å². The standard InChI is InChI=1S/C26H26N4O6/c1-26(2)14-36-23(16-6-10-17(11-7-16)30(33)34)22-21-19(24(31)28(4)25(32)27(21)3)20(29(22)26)15-8-12-18(35-5)13-9-15/h6-13,23H,14H2,1-5H3. The fourth-order valence-corrected chi connectivity index (χ4v) is 5.04. The summed E-state index contributed by atoms with van der Waals surface area (Å²) in [5.41, 5.74) is 1.83. The molecular weight excluding hydrogens is 464 g/mol. The van der Waals surface area contributed by atoms with Gasteiger partial charge in [0.05, 0.1) is 46.5 Å². The molecule has 0 saturated carbocycles. The van der Waals surface area contributed by atoms with Crippen LogP contribution in [0.1, 0.15) is 31.2 Å². The van der Waals surface area contributed by atoms with Crippen molar-refractivity contribution in [1.82, 2.24) is 13.7 Å². The second kappa shape index (κ2) is 8.20. The van der Waals surface area contributed by atoms with Crippen LogP contribution in [-0.2, 0) is 24.4 Å². The molecule has 0 N–H and O–H groups in total. The van der Waals surface area contributed by atoms with Crippen molar-refractivity contribution in [3.63, 3.8) is 0 Å². The third kappa shape index (κ3) is 3.36. The Morgan fingerprint density at radius 3 is 2.25 bits per heavy atom. The minimum absolute atomic E-state index is 0.0321. The van der Waals surface area contributed by atoms with Gasteiger partial charge < -0.3 is 14.0 Å². The Morgan fingerprint density at radius 2 is 1.67 bits per heavy atom. The summed E-state index contributed by atoms with van der Waals surface area (Å²) in [6.07, 6.45) is -0.647. The molecular formula is C26H26N4O6. The third-order valence-corrected chi connectivity index (χ3v) is 6.84. The van der Waals surface area contributed by atoms with E-state index in [1.165, 1.54) is 23.7 Å². The van der Waals surface area contributed by atoms with Crippen molar-refractivity contribution in [2.24, 2.45) is 14.1 Å². The molecule has 5 rings (SSSR count). The van der Waals surface area contributed by atoms with Gasteiger partial charge in [0.2, 0.25) is 0 Å². The highest BCUT2D eigenvalue weighted by Gasteiger charge is 2.40. The van der Waals surface area contributed by atoms with Crippen molar-refractivity contribution in [1.29, 1.82) is 0 Å². The van der Waals surface area contributed by atoms with Crippen LogP contribution in [0, 0.1) is 10.1 Å². The predicted molar refractivity (Wildman–Crippen MR) is 135 cm³/mol. The summed E-state index contributed by atoms with van der Waals surface area (Å²) < 4.78 is 16.3. The highest BCUT2D eigenvalue weighted by atomic mass is 16.6. The van der Waals surface area contributed by atoms with E-state index in [9.17, 15) is 19.7 Å². The summed E-state index contributed by atoms with van der Waals surface area (Å²) >= 11 is 0. The number of non-ortho nitro benzene ring substituents is 1. The van der Waals surface area contributed by atoms with Crippen LogP contribution >= 0.6 is 0 Å². The lowest BCUT2D eigenvalue weighted by molar-refractivity contribution is -0.384. The maximum Gasteiger partial charge on any atom is 0.331 e. The van der Waals surface area contributed by atoms with Gasteiger partial charge in [0.1, 0.15) is 11.9 Å². The average molecular weight is 491 g/mol. The van der Waals surface area contributed by atoms with Gasteiger partial charge in [-0.3, -0.25) is 24.0 Å². The monoisotopic (exact) mass is 490 g/mol. The van der Waals surface area contributed by atoms with Crippen molar-refractivity contribution >= 4 is 16.6 Å². The predicted octanol–water partition coefficient (Wildman–Crippen LogP) is 3.48. The Kier molecular flexibility index (Phi) is 5.36. The lowest BCUT2D eigenvalue weighted by Crippen LogP contribution is -2.40. The zero-order chi connectivity index (χ0) is 25.9. The number of aryl methyl sites for hydroxylation is 1. The first kappa shape index (κ1) is 23.6. The summed E-state index contributed by atoms with van der Waals surface area (Å²) in [6.45, 7) is 4.34. The fourth-order valence-electron chi connectivity index (χ4n) is 5.04. The number of nitro benzene ring substituents is 1. The van der Waals surface area contributed by atoms with Crippen molar-refractivity contribution in [3.05, 3.63) is 90.7 Å². The molecule has 1 unspecified atom stereocenters. The smallest absolute Gasteiger partial charge is 0.331 e. The molecule has 0 saturated heterocycles. The minimum atomic E-state index is -0.647. The molecule has 0 amide bonds. The van der Waals surface area contributed by atoms with Crippen LogP contribution in [0.5, 0.6) is 5.75 Å². The van der Waals surface area contributed by atoms with Gasteiger partial charge in [0.15, 0.2) is 0 Å². The highest BCUT2D eigenvalue weighted by Crippen LogP contribution is 2.45. The van der Waals surface area contributed by atoms with Gasteiger partial charge in [0.25, 0.3) is 11.2 Å². The quantitative estimate of drug-likeness (QED) is 0.320. The third-order valence-electron chi connectivity index (χ3n) is 6.84. The van der Waals surface area contributed by atoms with Gasteiger partial charge in [-0.05, 0) is 61.4 Å². The second-order valence-corrected chi connectivity index (χ2v) is 9.58. The van der Waals surface area contributed by atoms with E-state index in [1.54, 1.807) is 26.3 Å². The topological polar surface area (TPSA) is 111 Å². The van der Waals surface area contributed by atoms with Crippen LogP contribution in [0.3, 0.4) is 0 Å². The van der Waals surface area contributed by atoms with E-state index in [1.807, 2.05) is 38.1 Å². The molecule has 2 aromatic heterocycles. The molecule has 36 heavy (non-hydrogen) atoms. The Bertz CT molecular complexity index is 1630. The number of ether oxygens (including phenoxy) is 2. The number of benzene rings is 2. The summed E-state index contributed by atoms with van der Waals surface area (Å²) in [7, 11) is 4.69. The lowest BCUT2D eigenvalue weighted by atomic mass is 9.98. The number of rotatable bonds is 4. The molecule has 0 fully saturated rings. The van der Waals surface area contributed by atoms with Crippen LogP contribution in [0.15, 0.2) is 58.1 Å². The van der Waals surface area contributed by atoms with Gasteiger partial charge in [-0.15, -0.1) is 0 Å². The van der Waals surface area contributed by atoms with Gasteiger partial charge in [-0.25, -0.2) is 4.79 Å². The first-order valence-corrected chi connectivity index (χ1v) is 11.4. The number of hydrogen-bond acceptors (Lipinski definition) is 6. The molecule has 4 aromatic rings. The summed E-state index contributed by atoms with van der Waals surface area (Å²) in [5, 5.41) is 11.6. The molecule has 186 valence electrons. The Hall–Kier alpha value is -4.18. The van der Waals surface area contributed by atoms with Gasteiger partial charge in [0, 0.05) is 26.2 Å². The van der Waals surface area contributed by atoms with Crippen molar-refractivity contribution in [2.45, 2.75) is 25.5 Å². The molecule has 1 aliphatic heterocycles. The molecule has 3 heterocycles. The zero-order valence-corrected chi connectivity index (χ0v) is 20.6. The molecule has 10 nitrogen and oxygen atoms in total. The molecule has 1 atom stereocenters. The van der Waals surface area contributed by atoms with Gasteiger partial charge >= 0.3 is 5.69 Å². The van der Waals surface area contributed by atoms with E-state index in [2.05, 4.69) is 4.57 Å². The first-order chi connectivity index (χ1) is 17.1. The molecule has 1 aliphatic rings. The van der Waals surface area contributed by atoms with Crippen LogP contribution in [0.2, 0.25) is 0 Å². The number of hydrogen-bond donors (Lipinski definition) is 0. The maximum absolute atomic E-state index is 13.6. The Morgan fingerprint density at radius 1 is 1.03 bits per heavy atom. The first-order valence-electron chi connectivity index (χ1n) is 11.4. The Balaban J connectivity index is 1.92. The lowest BCUT2D eigenvalue weighted by Gasteiger charge is -2.39. The number of nitrogens with zero attached hydrogens (tertiary/aromatic N) is 4. The minimum Gasteiger partial charge on any atom is -0.497 e. The van der Waals surface area contributed by atoms with Crippen LogP contribution in [0.25, 0.3) is 22.2 Å². The average Bonchev–Trinajstić information content (AvgIpc) is 3.24. The fraction of sp³-hybridized carbons (Fsp3) is 0.308. The molecule has 10 heteroatoms. The SMILES string of the molecule is COc1ccc(-c2c3c(=O)n(C)c(=O)n(C)c3c3n2C(C)(C)COC3c2ccc([N+](=O)[O-])cc2)cc1. The maximum atomic E-state index is 13.6. The van der Waals surface area contributed by atoms with Gasteiger partial charge in [-0.1, -0.05) is 0 Å². The number of nitro groups is 1. The van der Waals surface area contributed by atoms with E-state index in [-0.39, 0.29) is 5.69 Å². The second-order valence-electron chi connectivity index (χ2n) is 9.58. The summed E-state index contributed by atoms with van der Waals surface area (Å²) in [5.74, 6) is 0.681. The van der Waals surface area contributed by atoms with Gasteiger partial charge in [-0.2, -0.15) is 0 Å². The molecule has 2 aromatic carbocycles. The molecule has 0 bridgehead atoms. The summed E-state index contributed by atoms with van der Waals surface area (Å²) in [6, 6.07) is 13.6. The van der Waals surface area contributed by atoms with E-state index < -0.39 is 27.8 Å². The summed E-state index contributed by atoms with van der Waals surface area (Å²) in [4.78, 5) is 37.4. The van der Waals surface area contributed by atoms with E-state index in [0.29, 0.717) is 40.2 Å². The number of aromatic nitrogens is 3. The highest BCUT2D eigenvalue weighted by molar-refractivity contribution is 5.97. The normalized spacial score (nSPS) is 16.6.